The second-order valence-electron chi connectivity index (χ2n) is 3.18. The molecule has 0 aromatic carbocycles. The van der Waals surface area contributed by atoms with E-state index in [0.29, 0.717) is 18.1 Å². The number of imidazole rings is 1. The first kappa shape index (κ1) is 13.8. The van der Waals surface area contributed by atoms with Crippen LogP contribution in [0.5, 0.6) is 0 Å². The van der Waals surface area contributed by atoms with Gasteiger partial charge in [0.15, 0.2) is 0 Å². The smallest absolute Gasteiger partial charge is 0.149 e. The first-order chi connectivity index (χ1) is 7.63. The van der Waals surface area contributed by atoms with E-state index in [4.69, 9.17) is 12.2 Å². The average Bonchev–Trinajstić information content (AvgIpc) is 2.64. The Balaban J connectivity index is 2.24. The quantitative estimate of drug-likeness (QED) is 0.625. The summed E-state index contributed by atoms with van der Waals surface area (Å²) >= 11 is 5.58. The molecule has 0 saturated carbocycles. The number of aromatic nitrogens is 2. The minimum Gasteiger partial charge on any atom is -0.616 e. The average molecular weight is 277 g/mol. The molecule has 0 spiro atoms. The van der Waals surface area contributed by atoms with Crippen molar-refractivity contribution >= 4 is 39.5 Å². The van der Waals surface area contributed by atoms with Gasteiger partial charge in [0.1, 0.15) is 21.5 Å². The molecule has 4 nitrogen and oxygen atoms in total. The highest BCUT2D eigenvalue weighted by atomic mass is 32.2. The van der Waals surface area contributed by atoms with Crippen LogP contribution in [0, 0.1) is 6.92 Å². The molecule has 0 aliphatic heterocycles. The molecular weight excluding hydrogens is 262 g/mol. The molecule has 7 heteroatoms. The molecule has 1 aromatic heterocycles. The first-order valence-electron chi connectivity index (χ1n) is 4.79. The van der Waals surface area contributed by atoms with Crippen molar-refractivity contribution < 1.29 is 4.55 Å². The summed E-state index contributed by atoms with van der Waals surface area (Å²) in [7, 11) is 0. The Hall–Kier alpha value is -0.240. The highest BCUT2D eigenvalue weighted by Gasteiger charge is 2.11. The third-order valence-electron chi connectivity index (χ3n) is 2.02. The number of thioether (sulfide) groups is 1. The van der Waals surface area contributed by atoms with Crippen molar-refractivity contribution in [3.63, 3.8) is 0 Å². The number of nitrogens with zero attached hydrogens (tertiary/aromatic N) is 1. The van der Waals surface area contributed by atoms with Gasteiger partial charge < -0.3 is 14.9 Å². The van der Waals surface area contributed by atoms with Crippen LogP contribution in [0.15, 0.2) is 6.33 Å². The predicted molar refractivity (Wildman–Crippen MR) is 74.2 cm³/mol. The van der Waals surface area contributed by atoms with Crippen LogP contribution >= 0.6 is 24.0 Å². The second kappa shape index (κ2) is 7.16. The van der Waals surface area contributed by atoms with Crippen LogP contribution in [0.4, 0.5) is 0 Å². The Morgan fingerprint density at radius 3 is 3.06 bits per heavy atom. The van der Waals surface area contributed by atoms with Crippen LogP contribution in [0.1, 0.15) is 11.4 Å². The lowest BCUT2D eigenvalue weighted by Gasteiger charge is -2.11. The van der Waals surface area contributed by atoms with E-state index in [1.165, 1.54) is 11.8 Å². The summed E-state index contributed by atoms with van der Waals surface area (Å²) in [5.41, 5.74) is 1.87. The maximum absolute atomic E-state index is 11.7. The molecule has 1 atom stereocenters. The van der Waals surface area contributed by atoms with Gasteiger partial charge in [-0.1, -0.05) is 12.2 Å². The zero-order chi connectivity index (χ0) is 12.0. The Kier molecular flexibility index (Phi) is 6.18. The summed E-state index contributed by atoms with van der Waals surface area (Å²) in [5.74, 6) is 1.09. The van der Waals surface area contributed by atoms with Crippen molar-refractivity contribution in [1.82, 2.24) is 15.3 Å². The molecule has 1 heterocycles. The third kappa shape index (κ3) is 4.73. The molecule has 0 radical (unpaired) electrons. The minimum atomic E-state index is -0.892. The van der Waals surface area contributed by atoms with Crippen LogP contribution in [0.3, 0.4) is 0 Å². The summed E-state index contributed by atoms with van der Waals surface area (Å²) < 4.78 is 12.4. The van der Waals surface area contributed by atoms with E-state index in [0.717, 1.165) is 15.7 Å². The monoisotopic (exact) mass is 277 g/mol. The molecule has 1 rings (SSSR count). The van der Waals surface area contributed by atoms with E-state index in [-0.39, 0.29) is 0 Å². The fourth-order valence-electron chi connectivity index (χ4n) is 1.10. The summed E-state index contributed by atoms with van der Waals surface area (Å²) in [6.07, 6.45) is 3.54. The largest absolute Gasteiger partial charge is 0.616 e. The lowest BCUT2D eigenvalue weighted by molar-refractivity contribution is 0.592. The molecule has 90 valence electrons. The normalized spacial score (nSPS) is 12.4. The highest BCUT2D eigenvalue weighted by molar-refractivity contribution is 8.22. The lowest BCUT2D eigenvalue weighted by atomic mass is 10.4. The Morgan fingerprint density at radius 2 is 2.50 bits per heavy atom. The molecule has 1 unspecified atom stereocenters. The van der Waals surface area contributed by atoms with Crippen molar-refractivity contribution in [3.05, 3.63) is 17.7 Å². The van der Waals surface area contributed by atoms with E-state index >= 15 is 0 Å². The zero-order valence-corrected chi connectivity index (χ0v) is 11.7. The molecular formula is C9H15N3OS3. The van der Waals surface area contributed by atoms with Crippen LogP contribution in [-0.4, -0.2) is 37.4 Å². The van der Waals surface area contributed by atoms with Gasteiger partial charge in [0, 0.05) is 5.69 Å². The third-order valence-corrected chi connectivity index (χ3v) is 4.43. The lowest BCUT2D eigenvalue weighted by Crippen LogP contribution is -2.26. The predicted octanol–water partition coefficient (Wildman–Crippen LogP) is 1.20. The van der Waals surface area contributed by atoms with Crippen molar-refractivity contribution in [2.45, 2.75) is 12.7 Å². The zero-order valence-electron chi connectivity index (χ0n) is 9.28. The van der Waals surface area contributed by atoms with Crippen molar-refractivity contribution in [1.29, 1.82) is 0 Å². The topological polar surface area (TPSA) is 63.8 Å². The van der Waals surface area contributed by atoms with Gasteiger partial charge in [0.25, 0.3) is 0 Å². The molecule has 0 amide bonds. The summed E-state index contributed by atoms with van der Waals surface area (Å²) in [6.45, 7) is 2.58. The number of H-pyrrole nitrogens is 1. The van der Waals surface area contributed by atoms with Gasteiger partial charge in [-0.3, -0.25) is 0 Å². The Bertz CT molecular complexity index is 342. The number of hydrogen-bond donors (Lipinski definition) is 2. The maximum Gasteiger partial charge on any atom is 0.149 e. The standard InChI is InChI=1S/C9H15N3OS3/c1-7-8(12-6-11-7)5-16(13)4-3-10-9(14)15-2/h6H,3-5H2,1-2H3,(H,10,14)(H,11,12). The number of rotatable bonds is 5. The molecule has 0 bridgehead atoms. The molecule has 0 fully saturated rings. The number of aromatic amines is 1. The first-order valence-corrected chi connectivity index (χ1v) is 7.91. The summed E-state index contributed by atoms with van der Waals surface area (Å²) in [4.78, 5) is 7.09. The molecule has 0 aliphatic carbocycles. The van der Waals surface area contributed by atoms with Crippen LogP contribution in [0.25, 0.3) is 0 Å². The van der Waals surface area contributed by atoms with Crippen molar-refractivity contribution in [2.75, 3.05) is 18.6 Å². The van der Waals surface area contributed by atoms with E-state index in [1.807, 2.05) is 13.2 Å². The maximum atomic E-state index is 11.7. The van der Waals surface area contributed by atoms with E-state index in [1.54, 1.807) is 6.33 Å². The van der Waals surface area contributed by atoms with E-state index < -0.39 is 11.2 Å². The van der Waals surface area contributed by atoms with Crippen LogP contribution in [0.2, 0.25) is 0 Å². The highest BCUT2D eigenvalue weighted by Crippen LogP contribution is 2.07. The number of hydrogen-bond acceptors (Lipinski definition) is 4. The molecule has 0 saturated heterocycles. The number of aryl methyl sites for hydroxylation is 1. The van der Waals surface area contributed by atoms with Crippen LogP contribution < -0.4 is 5.32 Å². The molecule has 0 aliphatic rings. The number of thiocarbonyl (C=S) groups is 1. The van der Waals surface area contributed by atoms with Crippen molar-refractivity contribution in [3.8, 4) is 0 Å². The summed E-state index contributed by atoms with van der Waals surface area (Å²) in [6, 6.07) is 0. The van der Waals surface area contributed by atoms with E-state index in [2.05, 4.69) is 15.3 Å². The van der Waals surface area contributed by atoms with Crippen LogP contribution in [-0.2, 0) is 16.9 Å². The van der Waals surface area contributed by atoms with Gasteiger partial charge in [-0.05, 0) is 24.4 Å². The fraction of sp³-hybridized carbons (Fsp3) is 0.556. The van der Waals surface area contributed by atoms with Gasteiger partial charge in [-0.25, -0.2) is 4.98 Å². The fourth-order valence-corrected chi connectivity index (χ4v) is 2.51. The Morgan fingerprint density at radius 1 is 1.75 bits per heavy atom. The van der Waals surface area contributed by atoms with Gasteiger partial charge in [0.05, 0.1) is 12.9 Å². The van der Waals surface area contributed by atoms with Crippen molar-refractivity contribution in [2.24, 2.45) is 0 Å². The SMILES string of the molecule is CSC(=S)NCC[S+]([O-])Cc1nc[nH]c1C. The summed E-state index contributed by atoms with van der Waals surface area (Å²) in [5, 5.41) is 3.03. The van der Waals surface area contributed by atoms with Gasteiger partial charge in [0.2, 0.25) is 0 Å². The molecule has 16 heavy (non-hydrogen) atoms. The molecule has 2 N–H and O–H groups in total. The Labute approximate surface area is 108 Å². The minimum absolute atomic E-state index is 0.503. The molecule has 1 aromatic rings. The van der Waals surface area contributed by atoms with Gasteiger partial charge >= 0.3 is 0 Å². The number of nitrogens with one attached hydrogen (secondary N) is 2. The van der Waals surface area contributed by atoms with E-state index in [9.17, 15) is 4.55 Å². The van der Waals surface area contributed by atoms with Gasteiger partial charge in [-0.15, -0.1) is 11.8 Å². The van der Waals surface area contributed by atoms with Gasteiger partial charge in [-0.2, -0.15) is 0 Å². The second-order valence-corrected chi connectivity index (χ2v) is 6.24.